The van der Waals surface area contributed by atoms with Crippen LogP contribution in [0.15, 0.2) is 0 Å². The Balaban J connectivity index is 0.000000970. The van der Waals surface area contributed by atoms with Gasteiger partial charge >= 0.3 is 5.97 Å². The van der Waals surface area contributed by atoms with Gasteiger partial charge in [0.25, 0.3) is 0 Å². The molecule has 2 N–H and O–H groups in total. The van der Waals surface area contributed by atoms with Crippen molar-refractivity contribution in [2.24, 2.45) is 46.3 Å². The summed E-state index contributed by atoms with van der Waals surface area (Å²) in [4.78, 5) is 11.1. The highest BCUT2D eigenvalue weighted by Crippen LogP contribution is 2.68. The number of aliphatic carboxylic acids is 1. The molecule has 4 rings (SSSR count). The first-order valence-corrected chi connectivity index (χ1v) is 15.1. The molecule has 9 atom stereocenters. The molecule has 0 amide bonds. The zero-order valence-corrected chi connectivity index (χ0v) is 24.3. The van der Waals surface area contributed by atoms with E-state index >= 15 is 0 Å². The summed E-state index contributed by atoms with van der Waals surface area (Å²) in [5.41, 5.74) is 1.02. The van der Waals surface area contributed by atoms with Crippen molar-refractivity contribution in [1.82, 2.24) is 5.32 Å². The Morgan fingerprint density at radius 3 is 2.12 bits per heavy atom. The molecule has 0 saturated heterocycles. The number of fused-ring (bicyclic) bond motifs is 5. The molecule has 3 nitrogen and oxygen atoms in total. The lowest BCUT2D eigenvalue weighted by molar-refractivity contribution is -0.137. The predicted molar refractivity (Wildman–Crippen MR) is 146 cm³/mol. The summed E-state index contributed by atoms with van der Waals surface area (Å²) in [6, 6.07) is 1.34. The first-order chi connectivity index (χ1) is 16.1. The summed E-state index contributed by atoms with van der Waals surface area (Å²) >= 11 is 0. The molecule has 0 heterocycles. The molecule has 34 heavy (non-hydrogen) atoms. The van der Waals surface area contributed by atoms with Gasteiger partial charge in [-0.2, -0.15) is 0 Å². The highest BCUT2D eigenvalue weighted by Gasteiger charge is 2.60. The second-order valence-corrected chi connectivity index (χ2v) is 12.6. The fourth-order valence-corrected chi connectivity index (χ4v) is 9.41. The molecule has 0 aromatic heterocycles. The monoisotopic (exact) mass is 477 g/mol. The van der Waals surface area contributed by atoms with Gasteiger partial charge in [-0.1, -0.05) is 62.3 Å². The van der Waals surface area contributed by atoms with Gasteiger partial charge in [-0.3, -0.25) is 4.79 Å². The Labute approximate surface area is 212 Å². The third-order valence-electron chi connectivity index (χ3n) is 10.8. The minimum absolute atomic E-state index is 0.343. The quantitative estimate of drug-likeness (QED) is 0.403. The van der Waals surface area contributed by atoms with Crippen molar-refractivity contribution in [1.29, 1.82) is 0 Å². The predicted octanol–water partition coefficient (Wildman–Crippen LogP) is 8.57. The Bertz CT molecular complexity index is 633. The molecule has 9 unspecified atom stereocenters. The van der Waals surface area contributed by atoms with Crippen LogP contribution in [0.3, 0.4) is 0 Å². The van der Waals surface area contributed by atoms with Crippen LogP contribution in [-0.2, 0) is 4.79 Å². The maximum absolute atomic E-state index is 11.1. The SMILES string of the molecule is CC.CC.CC(C)NC1CCC2(C)C(CCC3C2CCC2(C)C(C(C)CCC(=O)O)CCC32)C1. The molecule has 200 valence electrons. The maximum atomic E-state index is 11.1. The largest absolute Gasteiger partial charge is 0.481 e. The normalized spacial score (nSPS) is 41.6. The average Bonchev–Trinajstić information content (AvgIpc) is 3.17. The van der Waals surface area contributed by atoms with E-state index in [1.807, 2.05) is 27.7 Å². The van der Waals surface area contributed by atoms with Crippen LogP contribution < -0.4 is 5.32 Å². The van der Waals surface area contributed by atoms with Crippen molar-refractivity contribution in [3.8, 4) is 0 Å². The van der Waals surface area contributed by atoms with Crippen LogP contribution in [0.5, 0.6) is 0 Å². The molecule has 0 aliphatic heterocycles. The van der Waals surface area contributed by atoms with E-state index in [0.29, 0.717) is 29.2 Å². The summed E-state index contributed by atoms with van der Waals surface area (Å²) in [6.45, 7) is 20.2. The van der Waals surface area contributed by atoms with Crippen molar-refractivity contribution < 1.29 is 9.90 Å². The lowest BCUT2D eigenvalue weighted by atomic mass is 9.44. The lowest BCUT2D eigenvalue weighted by Crippen LogP contribution is -2.55. The maximum Gasteiger partial charge on any atom is 0.303 e. The van der Waals surface area contributed by atoms with Crippen LogP contribution in [0.1, 0.15) is 133 Å². The van der Waals surface area contributed by atoms with Gasteiger partial charge < -0.3 is 10.4 Å². The van der Waals surface area contributed by atoms with E-state index in [0.717, 1.165) is 42.1 Å². The van der Waals surface area contributed by atoms with Crippen LogP contribution in [0.25, 0.3) is 0 Å². The van der Waals surface area contributed by atoms with E-state index in [1.54, 1.807) is 0 Å². The number of carboxylic acids is 1. The minimum atomic E-state index is -0.626. The van der Waals surface area contributed by atoms with Crippen LogP contribution in [0.4, 0.5) is 0 Å². The van der Waals surface area contributed by atoms with Crippen LogP contribution >= 0.6 is 0 Å². The first-order valence-electron chi connectivity index (χ1n) is 15.1. The van der Waals surface area contributed by atoms with Gasteiger partial charge in [0.1, 0.15) is 0 Å². The molecule has 4 aliphatic carbocycles. The topological polar surface area (TPSA) is 49.3 Å². The van der Waals surface area contributed by atoms with Crippen LogP contribution in [0.2, 0.25) is 0 Å². The molecule has 4 aliphatic rings. The summed E-state index contributed by atoms with van der Waals surface area (Å²) in [7, 11) is 0. The van der Waals surface area contributed by atoms with Gasteiger partial charge in [0.05, 0.1) is 0 Å². The van der Waals surface area contributed by atoms with Crippen molar-refractivity contribution in [2.75, 3.05) is 0 Å². The molecule has 0 radical (unpaired) electrons. The van der Waals surface area contributed by atoms with E-state index in [1.165, 1.54) is 57.8 Å². The van der Waals surface area contributed by atoms with Gasteiger partial charge in [0.2, 0.25) is 0 Å². The third-order valence-corrected chi connectivity index (χ3v) is 10.8. The summed E-state index contributed by atoms with van der Waals surface area (Å²) in [5.74, 6) is 4.33. The van der Waals surface area contributed by atoms with E-state index in [4.69, 9.17) is 5.11 Å². The molecule has 3 heteroatoms. The average molecular weight is 478 g/mol. The standard InChI is InChI=1S/C27H47NO2.2C2H6/c1-17(2)28-20-12-14-26(4)19(16-20)7-8-21-23-10-9-22(18(3)6-11-25(29)30)27(23,5)15-13-24(21)26;2*1-2/h17-24,28H,6-16H2,1-5H3,(H,29,30);2*1-2H3. The van der Waals surface area contributed by atoms with Gasteiger partial charge in [-0.05, 0) is 111 Å². The molecule has 4 fully saturated rings. The van der Waals surface area contributed by atoms with Gasteiger partial charge in [-0.15, -0.1) is 0 Å². The number of hydrogen-bond acceptors (Lipinski definition) is 2. The lowest BCUT2D eigenvalue weighted by Gasteiger charge is -2.61. The van der Waals surface area contributed by atoms with Gasteiger partial charge in [0.15, 0.2) is 0 Å². The minimum Gasteiger partial charge on any atom is -0.481 e. The van der Waals surface area contributed by atoms with Crippen LogP contribution in [0, 0.1) is 46.3 Å². The van der Waals surface area contributed by atoms with E-state index in [2.05, 4.69) is 39.9 Å². The second-order valence-electron chi connectivity index (χ2n) is 12.6. The van der Waals surface area contributed by atoms with Crippen LogP contribution in [-0.4, -0.2) is 23.2 Å². The zero-order chi connectivity index (χ0) is 25.7. The van der Waals surface area contributed by atoms with Crippen molar-refractivity contribution in [2.45, 2.75) is 145 Å². The Morgan fingerprint density at radius 1 is 0.882 bits per heavy atom. The Kier molecular flexibility index (Phi) is 11.0. The molecule has 0 aromatic rings. The Hall–Kier alpha value is -0.570. The van der Waals surface area contributed by atoms with Crippen molar-refractivity contribution in [3.63, 3.8) is 0 Å². The molecule has 0 aromatic carbocycles. The Morgan fingerprint density at radius 2 is 1.50 bits per heavy atom. The number of carbonyl (C=O) groups is 1. The van der Waals surface area contributed by atoms with Crippen molar-refractivity contribution >= 4 is 5.97 Å². The van der Waals surface area contributed by atoms with Gasteiger partial charge in [0, 0.05) is 18.5 Å². The first kappa shape index (κ1) is 29.7. The summed E-state index contributed by atoms with van der Waals surface area (Å²) in [5, 5.41) is 13.0. The smallest absolute Gasteiger partial charge is 0.303 e. The summed E-state index contributed by atoms with van der Waals surface area (Å²) in [6.07, 6.45) is 13.8. The van der Waals surface area contributed by atoms with Gasteiger partial charge in [-0.25, -0.2) is 0 Å². The summed E-state index contributed by atoms with van der Waals surface area (Å²) < 4.78 is 0. The molecule has 4 saturated carbocycles. The fraction of sp³-hybridized carbons (Fsp3) is 0.968. The molecule has 0 spiro atoms. The zero-order valence-electron chi connectivity index (χ0n) is 24.3. The number of carboxylic acid groups (broad SMARTS) is 1. The second kappa shape index (κ2) is 12.6. The molecular formula is C31H59NO2. The third kappa shape index (κ3) is 5.87. The highest BCUT2D eigenvalue weighted by atomic mass is 16.4. The van der Waals surface area contributed by atoms with Crippen molar-refractivity contribution in [3.05, 3.63) is 0 Å². The number of rotatable bonds is 6. The number of nitrogens with one attached hydrogen (secondary N) is 1. The fourth-order valence-electron chi connectivity index (χ4n) is 9.41. The molecular weight excluding hydrogens is 418 g/mol. The van der Waals surface area contributed by atoms with E-state index in [9.17, 15) is 4.79 Å². The van der Waals surface area contributed by atoms with E-state index in [-0.39, 0.29) is 0 Å². The number of hydrogen-bond donors (Lipinski definition) is 2. The highest BCUT2D eigenvalue weighted by molar-refractivity contribution is 5.66. The molecule has 0 bridgehead atoms. The van der Waals surface area contributed by atoms with E-state index < -0.39 is 5.97 Å².